The molecule has 0 aromatic carbocycles. The molecular formula is C16H26O10. The Morgan fingerprint density at radius 2 is 1.46 bits per heavy atom. The first-order valence-corrected chi connectivity index (χ1v) is 7.96. The summed E-state index contributed by atoms with van der Waals surface area (Å²) in [4.78, 5) is 34.0. The zero-order chi connectivity index (χ0) is 19.9. The Morgan fingerprint density at radius 1 is 0.846 bits per heavy atom. The molecule has 0 spiro atoms. The van der Waals surface area contributed by atoms with Crippen LogP contribution >= 0.6 is 0 Å². The third-order valence-corrected chi connectivity index (χ3v) is 3.74. The van der Waals surface area contributed by atoms with Gasteiger partial charge in [-0.3, -0.25) is 14.4 Å². The van der Waals surface area contributed by atoms with Crippen LogP contribution in [-0.2, 0) is 47.5 Å². The van der Waals surface area contributed by atoms with Gasteiger partial charge in [0.05, 0.1) is 0 Å². The number of carbonyl (C=O) groups excluding carboxylic acids is 3. The molecule has 0 aromatic rings. The molecular weight excluding hydrogens is 352 g/mol. The molecule has 1 rings (SSSR count). The minimum atomic E-state index is -1.00. The lowest BCUT2D eigenvalue weighted by Gasteiger charge is -2.45. The normalized spacial score (nSPS) is 29.5. The van der Waals surface area contributed by atoms with Gasteiger partial charge in [-0.15, -0.1) is 0 Å². The van der Waals surface area contributed by atoms with Crippen LogP contribution in [0.5, 0.6) is 0 Å². The Bertz CT molecular complexity index is 493. The molecule has 10 heteroatoms. The maximum atomic E-state index is 11.5. The van der Waals surface area contributed by atoms with Crippen LogP contribution in [0.15, 0.2) is 0 Å². The van der Waals surface area contributed by atoms with Gasteiger partial charge >= 0.3 is 17.9 Å². The summed E-state index contributed by atoms with van der Waals surface area (Å²) in [6.45, 7) is 3.45. The standard InChI is InChI=1S/C16H26O10/c1-8(17)23-7-11(24-9(2)18)12-13(20-4)14(21-5)15(25-10(3)19)16(22-6)26-12/h11-16H,7H2,1-6H3. The SMILES string of the molecule is COC1OC(C(COC(C)=O)OC(C)=O)C(OC)C(OC)C1OC(C)=O. The molecule has 1 aliphatic heterocycles. The molecule has 0 aliphatic carbocycles. The quantitative estimate of drug-likeness (QED) is 0.416. The fourth-order valence-electron chi connectivity index (χ4n) is 2.79. The molecule has 1 saturated heterocycles. The van der Waals surface area contributed by atoms with Gasteiger partial charge in [-0.25, -0.2) is 0 Å². The smallest absolute Gasteiger partial charge is 0.303 e. The second-order valence-electron chi connectivity index (χ2n) is 5.63. The summed E-state index contributed by atoms with van der Waals surface area (Å²) in [5.74, 6) is -1.69. The predicted octanol–water partition coefficient (Wildman–Crippen LogP) is -0.186. The van der Waals surface area contributed by atoms with Crippen LogP contribution in [0.4, 0.5) is 0 Å². The van der Waals surface area contributed by atoms with Crippen molar-refractivity contribution < 1.29 is 47.5 Å². The van der Waals surface area contributed by atoms with Crippen molar-refractivity contribution in [3.63, 3.8) is 0 Å². The lowest BCUT2D eigenvalue weighted by molar-refractivity contribution is -0.315. The maximum Gasteiger partial charge on any atom is 0.303 e. The molecule has 0 aromatic heterocycles. The third-order valence-electron chi connectivity index (χ3n) is 3.74. The molecule has 10 nitrogen and oxygen atoms in total. The van der Waals surface area contributed by atoms with E-state index in [2.05, 4.69) is 0 Å². The fourth-order valence-corrected chi connectivity index (χ4v) is 2.79. The van der Waals surface area contributed by atoms with Crippen molar-refractivity contribution in [3.8, 4) is 0 Å². The van der Waals surface area contributed by atoms with Crippen LogP contribution in [0, 0.1) is 0 Å². The Labute approximate surface area is 151 Å². The van der Waals surface area contributed by atoms with Crippen LogP contribution in [0.25, 0.3) is 0 Å². The van der Waals surface area contributed by atoms with E-state index in [0.29, 0.717) is 0 Å². The van der Waals surface area contributed by atoms with E-state index in [1.165, 1.54) is 42.1 Å². The van der Waals surface area contributed by atoms with Gasteiger partial charge in [-0.2, -0.15) is 0 Å². The summed E-state index contributed by atoms with van der Waals surface area (Å²) in [6, 6.07) is 0. The molecule has 150 valence electrons. The average Bonchev–Trinajstić information content (AvgIpc) is 2.56. The van der Waals surface area contributed by atoms with Gasteiger partial charge in [-0.05, 0) is 0 Å². The molecule has 6 unspecified atom stereocenters. The lowest BCUT2D eigenvalue weighted by atomic mass is 9.94. The molecule has 0 radical (unpaired) electrons. The number of esters is 3. The Morgan fingerprint density at radius 3 is 1.88 bits per heavy atom. The van der Waals surface area contributed by atoms with Gasteiger partial charge in [0.2, 0.25) is 0 Å². The maximum absolute atomic E-state index is 11.5. The summed E-state index contributed by atoms with van der Waals surface area (Å²) in [5, 5.41) is 0. The lowest BCUT2D eigenvalue weighted by Crippen LogP contribution is -2.64. The van der Waals surface area contributed by atoms with Crippen molar-refractivity contribution in [1.29, 1.82) is 0 Å². The number of carbonyl (C=O) groups is 3. The minimum absolute atomic E-state index is 0.245. The van der Waals surface area contributed by atoms with E-state index in [1.54, 1.807) is 0 Å². The number of rotatable bonds is 8. The van der Waals surface area contributed by atoms with E-state index < -0.39 is 54.7 Å². The van der Waals surface area contributed by atoms with Gasteiger partial charge in [0.15, 0.2) is 18.5 Å². The van der Waals surface area contributed by atoms with Crippen LogP contribution in [0.2, 0.25) is 0 Å². The van der Waals surface area contributed by atoms with Crippen LogP contribution < -0.4 is 0 Å². The average molecular weight is 378 g/mol. The van der Waals surface area contributed by atoms with Crippen molar-refractivity contribution >= 4 is 17.9 Å². The molecule has 1 aliphatic rings. The van der Waals surface area contributed by atoms with Crippen LogP contribution in [0.3, 0.4) is 0 Å². The second kappa shape index (κ2) is 10.4. The van der Waals surface area contributed by atoms with Gasteiger partial charge in [0, 0.05) is 42.1 Å². The minimum Gasteiger partial charge on any atom is -0.462 e. The first-order valence-electron chi connectivity index (χ1n) is 7.96. The largest absolute Gasteiger partial charge is 0.462 e. The van der Waals surface area contributed by atoms with E-state index >= 15 is 0 Å². The van der Waals surface area contributed by atoms with Gasteiger partial charge in [0.1, 0.15) is 24.9 Å². The van der Waals surface area contributed by atoms with Gasteiger partial charge in [0.25, 0.3) is 0 Å². The van der Waals surface area contributed by atoms with E-state index in [-0.39, 0.29) is 6.61 Å². The number of ether oxygens (including phenoxy) is 7. The fraction of sp³-hybridized carbons (Fsp3) is 0.812. The summed E-state index contributed by atoms with van der Waals surface area (Å²) >= 11 is 0. The van der Waals surface area contributed by atoms with Gasteiger partial charge < -0.3 is 33.2 Å². The summed E-state index contributed by atoms with van der Waals surface area (Å²) in [7, 11) is 4.18. The highest BCUT2D eigenvalue weighted by Gasteiger charge is 2.52. The van der Waals surface area contributed by atoms with Crippen molar-refractivity contribution in [2.75, 3.05) is 27.9 Å². The number of hydrogen-bond acceptors (Lipinski definition) is 10. The highest BCUT2D eigenvalue weighted by molar-refractivity contribution is 5.67. The van der Waals surface area contributed by atoms with Crippen molar-refractivity contribution in [2.45, 2.75) is 57.6 Å². The molecule has 1 fully saturated rings. The van der Waals surface area contributed by atoms with Crippen molar-refractivity contribution in [3.05, 3.63) is 0 Å². The van der Waals surface area contributed by atoms with E-state index in [4.69, 9.17) is 33.2 Å². The van der Waals surface area contributed by atoms with Crippen molar-refractivity contribution in [1.82, 2.24) is 0 Å². The molecule has 0 N–H and O–H groups in total. The molecule has 6 atom stereocenters. The first-order chi connectivity index (χ1) is 12.2. The first kappa shape index (κ1) is 22.3. The van der Waals surface area contributed by atoms with Gasteiger partial charge in [-0.1, -0.05) is 0 Å². The van der Waals surface area contributed by atoms with E-state index in [0.717, 1.165) is 0 Å². The van der Waals surface area contributed by atoms with E-state index in [9.17, 15) is 14.4 Å². The third kappa shape index (κ3) is 5.90. The highest BCUT2D eigenvalue weighted by atomic mass is 16.7. The summed E-state index contributed by atoms with van der Waals surface area (Å²) in [6.07, 6.45) is -5.36. The Hall–Kier alpha value is -1.75. The summed E-state index contributed by atoms with van der Waals surface area (Å²) in [5.41, 5.74) is 0. The summed E-state index contributed by atoms with van der Waals surface area (Å²) < 4.78 is 37.4. The second-order valence-corrected chi connectivity index (χ2v) is 5.63. The van der Waals surface area contributed by atoms with Crippen LogP contribution in [0.1, 0.15) is 20.8 Å². The van der Waals surface area contributed by atoms with Crippen molar-refractivity contribution in [2.24, 2.45) is 0 Å². The molecule has 26 heavy (non-hydrogen) atoms. The predicted molar refractivity (Wildman–Crippen MR) is 85.0 cm³/mol. The molecule has 1 heterocycles. The zero-order valence-corrected chi connectivity index (χ0v) is 15.8. The number of hydrogen-bond donors (Lipinski definition) is 0. The zero-order valence-electron chi connectivity index (χ0n) is 15.8. The van der Waals surface area contributed by atoms with E-state index in [1.807, 2.05) is 0 Å². The molecule has 0 amide bonds. The molecule has 0 saturated carbocycles. The number of methoxy groups -OCH3 is 3. The topological polar surface area (TPSA) is 116 Å². The Balaban J connectivity index is 3.14. The van der Waals surface area contributed by atoms with Crippen LogP contribution in [-0.4, -0.2) is 82.7 Å². The Kier molecular flexibility index (Phi) is 8.93. The molecule has 0 bridgehead atoms. The monoisotopic (exact) mass is 378 g/mol. The highest BCUT2D eigenvalue weighted by Crippen LogP contribution is 2.30.